The van der Waals surface area contributed by atoms with E-state index in [2.05, 4.69) is 29.0 Å². The van der Waals surface area contributed by atoms with Crippen LogP contribution in [0.1, 0.15) is 32.8 Å². The molecule has 2 aliphatic rings. The Morgan fingerprint density at radius 1 is 1.15 bits per heavy atom. The number of anilines is 2. The predicted octanol–water partition coefficient (Wildman–Crippen LogP) is 2.76. The zero-order valence-corrected chi connectivity index (χ0v) is 19.5. The minimum Gasteiger partial charge on any atom is -0.492 e. The number of carbonyl (C=O) groups excluding carboxylic acids is 2. The Morgan fingerprint density at radius 3 is 2.61 bits per heavy atom. The molecule has 1 aromatic carbocycles. The van der Waals surface area contributed by atoms with Crippen molar-refractivity contribution in [3.63, 3.8) is 0 Å². The summed E-state index contributed by atoms with van der Waals surface area (Å²) in [5.74, 6) is 0.986. The SMILES string of the molecule is CCOc1ccccc1N1CC(C(=O)NCc2ccc(N3CC(C)OC(C)C3)nc2)CC1=O. The highest BCUT2D eigenvalue weighted by atomic mass is 16.5. The fraction of sp³-hybridized carbons (Fsp3) is 0.480. The van der Waals surface area contributed by atoms with Crippen LogP contribution in [-0.4, -0.2) is 55.2 Å². The minimum absolute atomic E-state index is 0.0673. The maximum absolute atomic E-state index is 12.8. The summed E-state index contributed by atoms with van der Waals surface area (Å²) >= 11 is 0. The Labute approximate surface area is 194 Å². The number of hydrogen-bond donors (Lipinski definition) is 1. The van der Waals surface area contributed by atoms with Gasteiger partial charge in [-0.05, 0) is 44.5 Å². The van der Waals surface area contributed by atoms with E-state index in [1.165, 1.54) is 0 Å². The fourth-order valence-corrected chi connectivity index (χ4v) is 4.48. The first-order valence-corrected chi connectivity index (χ1v) is 11.6. The Morgan fingerprint density at radius 2 is 1.91 bits per heavy atom. The lowest BCUT2D eigenvalue weighted by Gasteiger charge is -2.36. The van der Waals surface area contributed by atoms with Crippen molar-refractivity contribution in [2.24, 2.45) is 5.92 Å². The van der Waals surface area contributed by atoms with Gasteiger partial charge in [0.2, 0.25) is 11.8 Å². The third kappa shape index (κ3) is 5.45. The molecular weight excluding hydrogens is 420 g/mol. The molecule has 176 valence electrons. The largest absolute Gasteiger partial charge is 0.492 e. The molecule has 8 heteroatoms. The fourth-order valence-electron chi connectivity index (χ4n) is 4.48. The molecule has 0 bridgehead atoms. The first-order chi connectivity index (χ1) is 15.9. The summed E-state index contributed by atoms with van der Waals surface area (Å²) in [5, 5.41) is 2.96. The number of hydrogen-bond acceptors (Lipinski definition) is 6. The average Bonchev–Trinajstić information content (AvgIpc) is 3.19. The summed E-state index contributed by atoms with van der Waals surface area (Å²) in [5.41, 5.74) is 1.63. The van der Waals surface area contributed by atoms with Crippen LogP contribution in [0.25, 0.3) is 0 Å². The lowest BCUT2D eigenvalue weighted by Crippen LogP contribution is -2.45. The van der Waals surface area contributed by atoms with Gasteiger partial charge in [0.05, 0.1) is 30.4 Å². The van der Waals surface area contributed by atoms with Crippen LogP contribution in [0.3, 0.4) is 0 Å². The van der Waals surface area contributed by atoms with Crippen LogP contribution in [0.5, 0.6) is 5.75 Å². The van der Waals surface area contributed by atoms with Gasteiger partial charge in [-0.3, -0.25) is 9.59 Å². The normalized spacial score (nSPS) is 23.0. The molecule has 4 rings (SSSR count). The van der Waals surface area contributed by atoms with Crippen LogP contribution < -0.4 is 19.9 Å². The summed E-state index contributed by atoms with van der Waals surface area (Å²) in [4.78, 5) is 33.8. The summed E-state index contributed by atoms with van der Waals surface area (Å²) in [7, 11) is 0. The van der Waals surface area contributed by atoms with E-state index in [0.29, 0.717) is 31.1 Å². The number of morpholine rings is 1. The van der Waals surface area contributed by atoms with Gasteiger partial charge in [0.25, 0.3) is 0 Å². The predicted molar refractivity (Wildman–Crippen MR) is 126 cm³/mol. The molecule has 2 aliphatic heterocycles. The molecule has 2 amide bonds. The number of aromatic nitrogens is 1. The van der Waals surface area contributed by atoms with Gasteiger partial charge >= 0.3 is 0 Å². The molecule has 3 atom stereocenters. The number of amides is 2. The molecule has 0 saturated carbocycles. The smallest absolute Gasteiger partial charge is 0.227 e. The third-order valence-electron chi connectivity index (χ3n) is 5.97. The number of nitrogens with zero attached hydrogens (tertiary/aromatic N) is 3. The lowest BCUT2D eigenvalue weighted by molar-refractivity contribution is -0.126. The molecule has 33 heavy (non-hydrogen) atoms. The Balaban J connectivity index is 1.33. The first kappa shape index (κ1) is 23.0. The molecule has 8 nitrogen and oxygen atoms in total. The minimum atomic E-state index is -0.393. The Hall–Kier alpha value is -3.13. The van der Waals surface area contributed by atoms with Crippen LogP contribution in [0, 0.1) is 5.92 Å². The maximum Gasteiger partial charge on any atom is 0.227 e. The van der Waals surface area contributed by atoms with Crippen molar-refractivity contribution in [2.45, 2.75) is 45.9 Å². The summed E-state index contributed by atoms with van der Waals surface area (Å²) in [6, 6.07) is 11.4. The first-order valence-electron chi connectivity index (χ1n) is 11.6. The quantitative estimate of drug-likeness (QED) is 0.696. The second-order valence-corrected chi connectivity index (χ2v) is 8.71. The van der Waals surface area contributed by atoms with Gasteiger partial charge in [0, 0.05) is 38.8 Å². The maximum atomic E-state index is 12.8. The molecule has 2 aromatic rings. The highest BCUT2D eigenvalue weighted by molar-refractivity contribution is 6.01. The van der Waals surface area contributed by atoms with Crippen LogP contribution >= 0.6 is 0 Å². The van der Waals surface area contributed by atoms with E-state index in [1.54, 1.807) is 11.1 Å². The number of rotatable bonds is 7. The van der Waals surface area contributed by atoms with Gasteiger partial charge < -0.3 is 24.6 Å². The number of ether oxygens (including phenoxy) is 2. The number of nitrogens with one attached hydrogen (secondary N) is 1. The van der Waals surface area contributed by atoms with E-state index in [0.717, 1.165) is 24.5 Å². The van der Waals surface area contributed by atoms with Crippen molar-refractivity contribution in [1.82, 2.24) is 10.3 Å². The van der Waals surface area contributed by atoms with Crippen molar-refractivity contribution in [3.8, 4) is 5.75 Å². The van der Waals surface area contributed by atoms with Crippen molar-refractivity contribution < 1.29 is 19.1 Å². The second kappa shape index (κ2) is 10.2. The van der Waals surface area contributed by atoms with Crippen LogP contribution in [0.4, 0.5) is 11.5 Å². The molecule has 2 saturated heterocycles. The van der Waals surface area contributed by atoms with Gasteiger partial charge in [-0.25, -0.2) is 4.98 Å². The molecule has 3 heterocycles. The molecule has 1 N–H and O–H groups in total. The molecular formula is C25H32N4O4. The highest BCUT2D eigenvalue weighted by Gasteiger charge is 2.36. The number of benzene rings is 1. The molecule has 2 fully saturated rings. The van der Waals surface area contributed by atoms with E-state index in [9.17, 15) is 9.59 Å². The monoisotopic (exact) mass is 452 g/mol. The van der Waals surface area contributed by atoms with Crippen molar-refractivity contribution in [3.05, 3.63) is 48.2 Å². The van der Waals surface area contributed by atoms with Crippen LogP contribution in [0.15, 0.2) is 42.6 Å². The van der Waals surface area contributed by atoms with Gasteiger partial charge in [0.15, 0.2) is 0 Å². The molecule has 0 radical (unpaired) electrons. The third-order valence-corrected chi connectivity index (χ3v) is 5.97. The summed E-state index contributed by atoms with van der Waals surface area (Å²) < 4.78 is 11.4. The summed E-state index contributed by atoms with van der Waals surface area (Å²) in [6.07, 6.45) is 2.33. The van der Waals surface area contributed by atoms with E-state index in [1.807, 2.05) is 43.3 Å². The van der Waals surface area contributed by atoms with Gasteiger partial charge in [-0.15, -0.1) is 0 Å². The van der Waals surface area contributed by atoms with Crippen molar-refractivity contribution >= 4 is 23.3 Å². The van der Waals surface area contributed by atoms with Crippen molar-refractivity contribution in [2.75, 3.05) is 36.0 Å². The number of carbonyl (C=O) groups is 2. The molecule has 0 spiro atoms. The van der Waals surface area contributed by atoms with Crippen LogP contribution in [-0.2, 0) is 20.9 Å². The van der Waals surface area contributed by atoms with E-state index < -0.39 is 5.92 Å². The van der Waals surface area contributed by atoms with Crippen LogP contribution in [0.2, 0.25) is 0 Å². The standard InChI is InChI=1S/C25H32N4O4/c1-4-32-22-8-6-5-7-21(22)29-16-20(11-24(29)30)25(31)27-13-19-9-10-23(26-12-19)28-14-17(2)33-18(3)15-28/h5-10,12,17-18,20H,4,11,13-16H2,1-3H3,(H,27,31). The van der Waals surface area contributed by atoms with E-state index in [4.69, 9.17) is 9.47 Å². The molecule has 1 aromatic heterocycles. The zero-order valence-electron chi connectivity index (χ0n) is 19.5. The highest BCUT2D eigenvalue weighted by Crippen LogP contribution is 2.33. The molecule has 3 unspecified atom stereocenters. The van der Waals surface area contributed by atoms with Crippen molar-refractivity contribution in [1.29, 1.82) is 0 Å². The molecule has 0 aliphatic carbocycles. The Kier molecular flexibility index (Phi) is 7.13. The Bertz CT molecular complexity index is 971. The number of para-hydroxylation sites is 2. The lowest BCUT2D eigenvalue weighted by atomic mass is 10.1. The summed E-state index contributed by atoms with van der Waals surface area (Å²) in [6.45, 7) is 8.90. The van der Waals surface area contributed by atoms with Gasteiger partial charge in [0.1, 0.15) is 11.6 Å². The second-order valence-electron chi connectivity index (χ2n) is 8.71. The van der Waals surface area contributed by atoms with E-state index >= 15 is 0 Å². The van der Waals surface area contributed by atoms with E-state index in [-0.39, 0.29) is 30.4 Å². The average molecular weight is 453 g/mol. The number of pyridine rings is 1. The zero-order chi connectivity index (χ0) is 23.4. The van der Waals surface area contributed by atoms with Gasteiger partial charge in [-0.2, -0.15) is 0 Å². The van der Waals surface area contributed by atoms with Gasteiger partial charge in [-0.1, -0.05) is 18.2 Å². The topological polar surface area (TPSA) is 84.0 Å².